The highest BCUT2D eigenvalue weighted by Gasteiger charge is 2.36. The van der Waals surface area contributed by atoms with Crippen molar-refractivity contribution < 1.29 is 4.39 Å². The van der Waals surface area contributed by atoms with Crippen molar-refractivity contribution in [2.75, 3.05) is 18.0 Å². The number of halogens is 1. The van der Waals surface area contributed by atoms with Gasteiger partial charge in [-0.05, 0) is 30.7 Å². The number of rotatable bonds is 1. The van der Waals surface area contributed by atoms with Gasteiger partial charge in [0.1, 0.15) is 0 Å². The van der Waals surface area contributed by atoms with Crippen LogP contribution < -0.4 is 4.90 Å². The van der Waals surface area contributed by atoms with Gasteiger partial charge in [0.25, 0.3) is 0 Å². The number of nitrogens with zero attached hydrogens (tertiary/aromatic N) is 2. The van der Waals surface area contributed by atoms with Crippen LogP contribution >= 0.6 is 0 Å². The van der Waals surface area contributed by atoms with Crippen molar-refractivity contribution >= 4 is 5.69 Å². The maximum Gasteiger partial charge on any atom is 0.214 e. The molecule has 0 bridgehead atoms. The number of pyridine rings is 1. The lowest BCUT2D eigenvalue weighted by molar-refractivity contribution is 0.494. The van der Waals surface area contributed by atoms with Crippen molar-refractivity contribution in [2.24, 2.45) is 11.8 Å². The number of hydrogen-bond acceptors (Lipinski definition) is 2. The summed E-state index contributed by atoms with van der Waals surface area (Å²) in [6.45, 7) is 2.21. The van der Waals surface area contributed by atoms with E-state index in [2.05, 4.69) is 9.88 Å². The summed E-state index contributed by atoms with van der Waals surface area (Å²) in [5, 5.41) is 0. The van der Waals surface area contributed by atoms with Crippen LogP contribution in [0.15, 0.2) is 18.3 Å². The molecule has 1 aromatic rings. The van der Waals surface area contributed by atoms with E-state index >= 15 is 0 Å². The van der Waals surface area contributed by atoms with Crippen LogP contribution in [0.4, 0.5) is 10.1 Å². The van der Waals surface area contributed by atoms with Gasteiger partial charge in [-0.25, -0.2) is 4.98 Å². The standard InChI is InChI=1S/C12H15FN2/c13-12-6-11(4-5-14-12)15-7-9-2-1-3-10(9)8-15/h4-6,9-10H,1-3,7-8H2. The molecule has 0 radical (unpaired) electrons. The largest absolute Gasteiger partial charge is 0.371 e. The molecule has 0 spiro atoms. The van der Waals surface area contributed by atoms with Crippen LogP contribution in [-0.2, 0) is 0 Å². The van der Waals surface area contributed by atoms with Crippen molar-refractivity contribution in [1.82, 2.24) is 4.98 Å². The molecule has 2 aliphatic rings. The molecule has 1 aromatic heterocycles. The molecular weight excluding hydrogens is 191 g/mol. The average molecular weight is 206 g/mol. The Labute approximate surface area is 89.1 Å². The Hall–Kier alpha value is -1.12. The summed E-state index contributed by atoms with van der Waals surface area (Å²) < 4.78 is 13.0. The van der Waals surface area contributed by atoms with Crippen LogP contribution in [0.2, 0.25) is 0 Å². The normalized spacial score (nSPS) is 29.5. The quantitative estimate of drug-likeness (QED) is 0.656. The van der Waals surface area contributed by atoms with Gasteiger partial charge in [-0.15, -0.1) is 0 Å². The number of anilines is 1. The molecule has 1 saturated heterocycles. The van der Waals surface area contributed by atoms with Crippen LogP contribution in [0.3, 0.4) is 0 Å². The first-order valence-corrected chi connectivity index (χ1v) is 5.69. The summed E-state index contributed by atoms with van der Waals surface area (Å²) in [5.74, 6) is 1.33. The van der Waals surface area contributed by atoms with Crippen molar-refractivity contribution in [2.45, 2.75) is 19.3 Å². The third kappa shape index (κ3) is 1.60. The van der Waals surface area contributed by atoms with E-state index in [1.165, 1.54) is 19.3 Å². The van der Waals surface area contributed by atoms with Gasteiger partial charge in [0, 0.05) is 31.0 Å². The highest BCUT2D eigenvalue weighted by atomic mass is 19.1. The molecule has 2 heterocycles. The molecule has 1 aliphatic carbocycles. The molecule has 3 heteroatoms. The summed E-state index contributed by atoms with van der Waals surface area (Å²) in [5.41, 5.74) is 0.997. The fourth-order valence-electron chi connectivity index (χ4n) is 3.03. The van der Waals surface area contributed by atoms with E-state index in [-0.39, 0.29) is 5.95 Å². The maximum atomic E-state index is 13.0. The van der Waals surface area contributed by atoms with E-state index < -0.39 is 0 Å². The monoisotopic (exact) mass is 206 g/mol. The van der Waals surface area contributed by atoms with Crippen LogP contribution in [0, 0.1) is 17.8 Å². The molecular formula is C12H15FN2. The first-order chi connectivity index (χ1) is 7.33. The Morgan fingerprint density at radius 2 is 2.00 bits per heavy atom. The first-order valence-electron chi connectivity index (χ1n) is 5.69. The highest BCUT2D eigenvalue weighted by molar-refractivity contribution is 5.46. The Morgan fingerprint density at radius 1 is 1.27 bits per heavy atom. The summed E-state index contributed by atoms with van der Waals surface area (Å²) >= 11 is 0. The minimum absolute atomic E-state index is 0.371. The zero-order valence-electron chi connectivity index (χ0n) is 8.69. The Morgan fingerprint density at radius 3 is 2.67 bits per heavy atom. The van der Waals surface area contributed by atoms with E-state index in [4.69, 9.17) is 0 Å². The summed E-state index contributed by atoms with van der Waals surface area (Å²) in [4.78, 5) is 5.89. The molecule has 3 rings (SSSR count). The third-order valence-electron chi connectivity index (χ3n) is 3.80. The molecule has 15 heavy (non-hydrogen) atoms. The van der Waals surface area contributed by atoms with Crippen LogP contribution in [0.25, 0.3) is 0 Å². The van der Waals surface area contributed by atoms with E-state index in [1.807, 2.05) is 6.07 Å². The van der Waals surface area contributed by atoms with E-state index in [0.717, 1.165) is 30.6 Å². The van der Waals surface area contributed by atoms with Crippen molar-refractivity contribution in [3.05, 3.63) is 24.3 Å². The molecule has 80 valence electrons. The average Bonchev–Trinajstić information content (AvgIpc) is 2.76. The van der Waals surface area contributed by atoms with Crippen molar-refractivity contribution in [3.63, 3.8) is 0 Å². The minimum Gasteiger partial charge on any atom is -0.371 e. The zero-order chi connectivity index (χ0) is 10.3. The lowest BCUT2D eigenvalue weighted by Gasteiger charge is -2.19. The second-order valence-electron chi connectivity index (χ2n) is 4.69. The van der Waals surface area contributed by atoms with Gasteiger partial charge in [0.2, 0.25) is 5.95 Å². The van der Waals surface area contributed by atoms with Gasteiger partial charge < -0.3 is 4.90 Å². The number of aromatic nitrogens is 1. The zero-order valence-corrected chi connectivity index (χ0v) is 8.69. The fourth-order valence-corrected chi connectivity index (χ4v) is 3.03. The predicted octanol–water partition coefficient (Wildman–Crippen LogP) is 2.46. The Balaban J connectivity index is 1.79. The molecule has 2 fully saturated rings. The van der Waals surface area contributed by atoms with Crippen molar-refractivity contribution in [3.8, 4) is 0 Å². The summed E-state index contributed by atoms with van der Waals surface area (Å²) in [6.07, 6.45) is 5.65. The molecule has 1 aliphatic heterocycles. The van der Waals surface area contributed by atoms with Crippen LogP contribution in [-0.4, -0.2) is 18.1 Å². The first kappa shape index (κ1) is 9.13. The maximum absolute atomic E-state index is 13.0. The number of fused-ring (bicyclic) bond motifs is 1. The minimum atomic E-state index is -0.371. The van der Waals surface area contributed by atoms with Gasteiger partial charge in [0.05, 0.1) is 0 Å². The van der Waals surface area contributed by atoms with E-state index in [0.29, 0.717) is 0 Å². The van der Waals surface area contributed by atoms with Crippen LogP contribution in [0.1, 0.15) is 19.3 Å². The van der Waals surface area contributed by atoms with Gasteiger partial charge in [-0.2, -0.15) is 4.39 Å². The second kappa shape index (κ2) is 3.47. The molecule has 0 N–H and O–H groups in total. The molecule has 2 unspecified atom stereocenters. The lowest BCUT2D eigenvalue weighted by atomic mass is 10.0. The summed E-state index contributed by atoms with van der Waals surface area (Å²) in [6, 6.07) is 3.45. The summed E-state index contributed by atoms with van der Waals surface area (Å²) in [7, 11) is 0. The van der Waals surface area contributed by atoms with E-state index in [1.54, 1.807) is 12.3 Å². The fraction of sp³-hybridized carbons (Fsp3) is 0.583. The SMILES string of the molecule is Fc1cc(N2CC3CCCC3C2)ccn1. The van der Waals surface area contributed by atoms with Crippen LogP contribution in [0.5, 0.6) is 0 Å². The second-order valence-corrected chi connectivity index (χ2v) is 4.69. The highest BCUT2D eigenvalue weighted by Crippen LogP contribution is 2.39. The van der Waals surface area contributed by atoms with Gasteiger partial charge in [-0.1, -0.05) is 6.42 Å². The molecule has 0 aromatic carbocycles. The lowest BCUT2D eigenvalue weighted by Crippen LogP contribution is -2.20. The number of hydrogen-bond donors (Lipinski definition) is 0. The molecule has 0 amide bonds. The van der Waals surface area contributed by atoms with Gasteiger partial charge >= 0.3 is 0 Å². The van der Waals surface area contributed by atoms with E-state index in [9.17, 15) is 4.39 Å². The third-order valence-corrected chi connectivity index (χ3v) is 3.80. The molecule has 1 saturated carbocycles. The Bertz CT molecular complexity index is 354. The molecule has 2 nitrogen and oxygen atoms in total. The van der Waals surface area contributed by atoms with Gasteiger partial charge in [0.15, 0.2) is 0 Å². The van der Waals surface area contributed by atoms with Crippen molar-refractivity contribution in [1.29, 1.82) is 0 Å². The topological polar surface area (TPSA) is 16.1 Å². The molecule has 2 atom stereocenters. The Kier molecular flexibility index (Phi) is 2.11. The smallest absolute Gasteiger partial charge is 0.214 e. The van der Waals surface area contributed by atoms with Gasteiger partial charge in [-0.3, -0.25) is 0 Å². The predicted molar refractivity (Wildman–Crippen MR) is 57.2 cm³/mol.